The molecule has 0 fully saturated rings. The maximum atomic E-state index is 11.7. The van der Waals surface area contributed by atoms with Crippen molar-refractivity contribution >= 4 is 11.2 Å². The smallest absolute Gasteiger partial charge is 0.326 e. The molecule has 0 aliphatic heterocycles. The molecule has 0 aliphatic carbocycles. The molecule has 0 amide bonds. The molecular formula is C10H15N5O2. The third-order valence-electron chi connectivity index (χ3n) is 2.83. The van der Waals surface area contributed by atoms with Crippen LogP contribution >= 0.6 is 0 Å². The second-order valence-corrected chi connectivity index (χ2v) is 4.06. The molecule has 1 atom stereocenters. The van der Waals surface area contributed by atoms with Crippen molar-refractivity contribution in [3.8, 4) is 0 Å². The number of H-pyrrole nitrogens is 1. The van der Waals surface area contributed by atoms with Crippen LogP contribution in [0.2, 0.25) is 0 Å². The molecule has 0 radical (unpaired) electrons. The minimum absolute atomic E-state index is 0.0379. The van der Waals surface area contributed by atoms with Crippen LogP contribution in [0.3, 0.4) is 0 Å². The average molecular weight is 237 g/mol. The number of nitrogens with one attached hydrogen (secondary N) is 1. The Morgan fingerprint density at radius 2 is 2.24 bits per heavy atom. The van der Waals surface area contributed by atoms with Crippen LogP contribution in [0.25, 0.3) is 11.2 Å². The van der Waals surface area contributed by atoms with E-state index in [4.69, 9.17) is 5.73 Å². The SMILES string of the molecule is CCC(N)Cn1cnc2c1c(=O)[nH]c(=O)n2C. The molecule has 0 aromatic carbocycles. The highest BCUT2D eigenvalue weighted by Gasteiger charge is 2.12. The van der Waals surface area contributed by atoms with Gasteiger partial charge >= 0.3 is 5.69 Å². The lowest BCUT2D eigenvalue weighted by Gasteiger charge is -2.09. The molecule has 92 valence electrons. The number of nitrogens with zero attached hydrogens (tertiary/aromatic N) is 3. The van der Waals surface area contributed by atoms with Gasteiger partial charge in [-0.2, -0.15) is 0 Å². The fourth-order valence-electron chi connectivity index (χ4n) is 1.71. The fraction of sp³-hybridized carbons (Fsp3) is 0.500. The van der Waals surface area contributed by atoms with E-state index in [9.17, 15) is 9.59 Å². The minimum Gasteiger partial charge on any atom is -0.326 e. The Kier molecular flexibility index (Phi) is 2.84. The molecule has 2 rings (SSSR count). The van der Waals surface area contributed by atoms with Crippen LogP contribution in [0, 0.1) is 0 Å². The predicted octanol–water partition coefficient (Wildman–Crippen LogP) is -0.839. The molecule has 2 heterocycles. The zero-order valence-corrected chi connectivity index (χ0v) is 9.80. The molecule has 7 heteroatoms. The summed E-state index contributed by atoms with van der Waals surface area (Å²) in [5.41, 5.74) is 5.71. The molecule has 2 aromatic heterocycles. The molecule has 3 N–H and O–H groups in total. The van der Waals surface area contributed by atoms with E-state index < -0.39 is 11.2 Å². The molecule has 1 unspecified atom stereocenters. The van der Waals surface area contributed by atoms with E-state index in [0.29, 0.717) is 17.7 Å². The van der Waals surface area contributed by atoms with Crippen molar-refractivity contribution in [2.75, 3.05) is 0 Å². The summed E-state index contributed by atoms with van der Waals surface area (Å²) >= 11 is 0. The molecule has 7 nitrogen and oxygen atoms in total. The first-order valence-electron chi connectivity index (χ1n) is 5.44. The van der Waals surface area contributed by atoms with Crippen LogP contribution in [0.5, 0.6) is 0 Å². The topological polar surface area (TPSA) is 98.7 Å². The minimum atomic E-state index is -0.465. The van der Waals surface area contributed by atoms with Crippen molar-refractivity contribution < 1.29 is 0 Å². The van der Waals surface area contributed by atoms with Gasteiger partial charge in [0.1, 0.15) is 0 Å². The van der Waals surface area contributed by atoms with Crippen molar-refractivity contribution in [1.29, 1.82) is 0 Å². The Hall–Kier alpha value is -1.89. The second kappa shape index (κ2) is 4.17. The number of rotatable bonds is 3. The van der Waals surface area contributed by atoms with E-state index in [-0.39, 0.29) is 6.04 Å². The largest absolute Gasteiger partial charge is 0.329 e. The normalized spacial score (nSPS) is 13.1. The molecule has 2 aromatic rings. The van der Waals surface area contributed by atoms with Crippen molar-refractivity contribution in [2.45, 2.75) is 25.9 Å². The summed E-state index contributed by atoms with van der Waals surface area (Å²) in [6, 6.07) is -0.0379. The van der Waals surface area contributed by atoms with Gasteiger partial charge in [0.05, 0.1) is 6.33 Å². The van der Waals surface area contributed by atoms with Gasteiger partial charge in [-0.25, -0.2) is 9.78 Å². The summed E-state index contributed by atoms with van der Waals surface area (Å²) in [7, 11) is 1.57. The van der Waals surface area contributed by atoms with Crippen LogP contribution < -0.4 is 17.0 Å². The van der Waals surface area contributed by atoms with Gasteiger partial charge in [0, 0.05) is 19.6 Å². The summed E-state index contributed by atoms with van der Waals surface area (Å²) in [6.45, 7) is 2.48. The molecular weight excluding hydrogens is 222 g/mol. The predicted molar refractivity (Wildman–Crippen MR) is 63.9 cm³/mol. The van der Waals surface area contributed by atoms with Gasteiger partial charge in [0.25, 0.3) is 5.56 Å². The highest BCUT2D eigenvalue weighted by molar-refractivity contribution is 5.69. The number of aromatic amines is 1. The zero-order valence-electron chi connectivity index (χ0n) is 9.80. The van der Waals surface area contributed by atoms with Crippen molar-refractivity contribution in [3.05, 3.63) is 27.2 Å². The van der Waals surface area contributed by atoms with E-state index in [1.54, 1.807) is 11.6 Å². The number of aryl methyl sites for hydroxylation is 1. The van der Waals surface area contributed by atoms with Gasteiger partial charge in [-0.1, -0.05) is 6.92 Å². The maximum absolute atomic E-state index is 11.7. The van der Waals surface area contributed by atoms with Crippen molar-refractivity contribution in [2.24, 2.45) is 12.8 Å². The van der Waals surface area contributed by atoms with Crippen LogP contribution in [0.15, 0.2) is 15.9 Å². The third kappa shape index (κ3) is 1.89. The van der Waals surface area contributed by atoms with Gasteiger partial charge in [-0.05, 0) is 6.42 Å². The average Bonchev–Trinajstić information content (AvgIpc) is 2.70. The first-order valence-corrected chi connectivity index (χ1v) is 5.44. The van der Waals surface area contributed by atoms with Crippen molar-refractivity contribution in [1.82, 2.24) is 19.1 Å². The summed E-state index contributed by atoms with van der Waals surface area (Å²) in [4.78, 5) is 29.4. The fourth-order valence-corrected chi connectivity index (χ4v) is 1.71. The standard InChI is InChI=1S/C10H15N5O2/c1-3-6(11)4-15-5-12-8-7(15)9(16)13-10(17)14(8)2/h5-6H,3-4,11H2,1-2H3,(H,13,16,17). The van der Waals surface area contributed by atoms with Crippen LogP contribution in [-0.4, -0.2) is 25.1 Å². The van der Waals surface area contributed by atoms with Crippen LogP contribution in [0.4, 0.5) is 0 Å². The monoisotopic (exact) mass is 237 g/mol. The number of nitrogens with two attached hydrogens (primary N) is 1. The zero-order chi connectivity index (χ0) is 12.6. The van der Waals surface area contributed by atoms with Gasteiger partial charge in [-0.3, -0.25) is 14.3 Å². The quantitative estimate of drug-likeness (QED) is 0.727. The molecule has 0 spiro atoms. The summed E-state index contributed by atoms with van der Waals surface area (Å²) < 4.78 is 2.99. The van der Waals surface area contributed by atoms with Gasteiger partial charge in [0.15, 0.2) is 11.2 Å². The Morgan fingerprint density at radius 3 is 2.88 bits per heavy atom. The van der Waals surface area contributed by atoms with E-state index in [2.05, 4.69) is 9.97 Å². The number of aromatic nitrogens is 4. The van der Waals surface area contributed by atoms with E-state index in [1.807, 2.05) is 6.92 Å². The van der Waals surface area contributed by atoms with Gasteiger partial charge in [-0.15, -0.1) is 0 Å². The Morgan fingerprint density at radius 1 is 1.53 bits per heavy atom. The summed E-state index contributed by atoms with van der Waals surface area (Å²) in [6.07, 6.45) is 2.35. The van der Waals surface area contributed by atoms with E-state index in [1.165, 1.54) is 10.9 Å². The molecule has 0 bridgehead atoms. The maximum Gasteiger partial charge on any atom is 0.329 e. The van der Waals surface area contributed by atoms with E-state index in [0.717, 1.165) is 6.42 Å². The number of hydrogen-bond acceptors (Lipinski definition) is 4. The van der Waals surface area contributed by atoms with Gasteiger partial charge in [0.2, 0.25) is 0 Å². The highest BCUT2D eigenvalue weighted by atomic mass is 16.2. The lowest BCUT2D eigenvalue weighted by molar-refractivity contribution is 0.547. The summed E-state index contributed by atoms with van der Waals surface area (Å²) in [5, 5.41) is 0. The first-order chi connectivity index (χ1) is 8.04. The first kappa shape index (κ1) is 11.6. The number of hydrogen-bond donors (Lipinski definition) is 2. The summed E-state index contributed by atoms with van der Waals surface area (Å²) in [5.74, 6) is 0. The number of imidazole rings is 1. The Balaban J connectivity index is 2.65. The van der Waals surface area contributed by atoms with E-state index >= 15 is 0 Å². The number of fused-ring (bicyclic) bond motifs is 1. The molecule has 0 aliphatic rings. The molecule has 0 saturated heterocycles. The lowest BCUT2D eigenvalue weighted by atomic mass is 10.2. The van der Waals surface area contributed by atoms with Crippen LogP contribution in [-0.2, 0) is 13.6 Å². The molecule has 17 heavy (non-hydrogen) atoms. The molecule has 0 saturated carbocycles. The Labute approximate surface area is 96.9 Å². The lowest BCUT2D eigenvalue weighted by Crippen LogP contribution is -2.31. The van der Waals surface area contributed by atoms with Crippen molar-refractivity contribution in [3.63, 3.8) is 0 Å². The van der Waals surface area contributed by atoms with Crippen LogP contribution in [0.1, 0.15) is 13.3 Å². The highest BCUT2D eigenvalue weighted by Crippen LogP contribution is 2.05. The Bertz CT molecular complexity index is 651. The second-order valence-electron chi connectivity index (χ2n) is 4.06. The van der Waals surface area contributed by atoms with Gasteiger partial charge < -0.3 is 10.3 Å². The third-order valence-corrected chi connectivity index (χ3v) is 2.83.